The van der Waals surface area contributed by atoms with Crippen molar-refractivity contribution in [2.24, 2.45) is 0 Å². The number of nitrogens with zero attached hydrogens (tertiary/aromatic N) is 1. The first-order chi connectivity index (χ1) is 5.39. The molecule has 0 amide bonds. The Kier molecular flexibility index (Phi) is 5.65. The summed E-state index contributed by atoms with van der Waals surface area (Å²) in [6, 6.07) is 0. The van der Waals surface area contributed by atoms with Gasteiger partial charge in [-0.05, 0) is 7.05 Å². The van der Waals surface area contributed by atoms with Crippen LogP contribution >= 0.6 is 7.82 Å². The van der Waals surface area contributed by atoms with E-state index in [-0.39, 0.29) is 0 Å². The topological polar surface area (TPSA) is 93.0 Å². The van der Waals surface area contributed by atoms with Crippen LogP contribution in [0.15, 0.2) is 0 Å². The summed E-state index contributed by atoms with van der Waals surface area (Å²) < 4.78 is 8.88. The Morgan fingerprint density at radius 3 is 1.75 bits per heavy atom. The molecule has 0 aliphatic carbocycles. The normalized spacial score (nSPS) is 19.7. The third-order valence-electron chi connectivity index (χ3n) is 1.34. The molecule has 0 atom stereocenters. The highest BCUT2D eigenvalue weighted by atomic mass is 31.2. The third kappa shape index (κ3) is 12.7. The van der Waals surface area contributed by atoms with E-state index in [2.05, 4.69) is 17.3 Å². The second-order valence-corrected chi connectivity index (χ2v) is 3.59. The van der Waals surface area contributed by atoms with Crippen molar-refractivity contribution < 1.29 is 19.2 Å². The summed E-state index contributed by atoms with van der Waals surface area (Å²) in [6.07, 6.45) is 0. The summed E-state index contributed by atoms with van der Waals surface area (Å²) in [7, 11) is -2.49. The van der Waals surface area contributed by atoms with Crippen LogP contribution in [0.3, 0.4) is 0 Å². The van der Waals surface area contributed by atoms with Gasteiger partial charge in [0.15, 0.2) is 0 Å². The van der Waals surface area contributed by atoms with E-state index < -0.39 is 7.82 Å². The Morgan fingerprint density at radius 2 is 1.58 bits per heavy atom. The lowest BCUT2D eigenvalue weighted by Gasteiger charge is -2.21. The zero-order chi connectivity index (χ0) is 9.61. The zero-order valence-electron chi connectivity index (χ0n) is 6.97. The highest BCUT2D eigenvalue weighted by Crippen LogP contribution is 2.25. The van der Waals surface area contributed by atoms with Crippen LogP contribution in [0.25, 0.3) is 0 Å². The van der Waals surface area contributed by atoms with E-state index in [0.717, 1.165) is 13.1 Å². The van der Waals surface area contributed by atoms with Crippen molar-refractivity contribution in [3.05, 3.63) is 0 Å². The van der Waals surface area contributed by atoms with Gasteiger partial charge in [0, 0.05) is 26.2 Å². The van der Waals surface area contributed by atoms with Crippen LogP contribution in [0.1, 0.15) is 0 Å². The van der Waals surface area contributed by atoms with Gasteiger partial charge in [-0.25, -0.2) is 4.57 Å². The minimum atomic E-state index is -4.64. The van der Waals surface area contributed by atoms with Gasteiger partial charge in [-0.2, -0.15) is 0 Å². The minimum absolute atomic E-state index is 1.16. The minimum Gasteiger partial charge on any atom is -0.314 e. The molecule has 1 fully saturated rings. The molecule has 12 heavy (non-hydrogen) atoms. The zero-order valence-corrected chi connectivity index (χ0v) is 7.87. The van der Waals surface area contributed by atoms with E-state index in [1.54, 1.807) is 0 Å². The van der Waals surface area contributed by atoms with Crippen molar-refractivity contribution >= 4 is 7.82 Å². The lowest BCUT2D eigenvalue weighted by atomic mass is 10.4. The van der Waals surface area contributed by atoms with Crippen LogP contribution in [0, 0.1) is 0 Å². The number of phosphoric acid groups is 1. The molecule has 1 aliphatic heterocycles. The van der Waals surface area contributed by atoms with Crippen molar-refractivity contribution in [3.63, 3.8) is 0 Å². The summed E-state index contributed by atoms with van der Waals surface area (Å²) in [4.78, 5) is 23.9. The highest BCUT2D eigenvalue weighted by molar-refractivity contribution is 7.45. The Balaban J connectivity index is 0.000000217. The average Bonchev–Trinajstić information content (AvgIpc) is 1.85. The smallest absolute Gasteiger partial charge is 0.314 e. The molecule has 1 rings (SSSR count). The van der Waals surface area contributed by atoms with E-state index in [9.17, 15) is 0 Å². The number of hydrogen-bond donors (Lipinski definition) is 4. The van der Waals surface area contributed by atoms with E-state index >= 15 is 0 Å². The molecule has 1 aliphatic rings. The summed E-state index contributed by atoms with van der Waals surface area (Å²) in [5.74, 6) is 0. The van der Waals surface area contributed by atoms with Crippen LogP contribution in [-0.2, 0) is 4.57 Å². The largest absolute Gasteiger partial charge is 0.466 e. The molecule has 74 valence electrons. The predicted octanol–water partition coefficient (Wildman–Crippen LogP) is -1.41. The SMILES string of the molecule is CN1CCNCC1.O=P(O)(O)O. The first-order valence-corrected chi connectivity index (χ1v) is 5.13. The molecule has 0 aromatic rings. The first kappa shape index (κ1) is 12.0. The molecule has 0 aromatic carbocycles. The van der Waals surface area contributed by atoms with E-state index in [1.807, 2.05) is 0 Å². The van der Waals surface area contributed by atoms with Crippen LogP contribution in [0.2, 0.25) is 0 Å². The molecule has 4 N–H and O–H groups in total. The van der Waals surface area contributed by atoms with Crippen molar-refractivity contribution in [2.75, 3.05) is 33.2 Å². The third-order valence-corrected chi connectivity index (χ3v) is 1.34. The lowest BCUT2D eigenvalue weighted by Crippen LogP contribution is -2.40. The van der Waals surface area contributed by atoms with Gasteiger partial charge in [0.25, 0.3) is 0 Å². The number of likely N-dealkylation sites (N-methyl/N-ethyl adjacent to an activating group) is 1. The standard InChI is InChI=1S/C5H12N2.H3O4P/c1-7-4-2-6-3-5-7;1-5(2,3)4/h6H,2-5H2,1H3;(H3,1,2,3,4). The Hall–Kier alpha value is 0.0300. The van der Waals surface area contributed by atoms with Crippen LogP contribution in [-0.4, -0.2) is 52.8 Å². The summed E-state index contributed by atoms with van der Waals surface area (Å²) in [5.41, 5.74) is 0. The Bertz CT molecular complexity index is 145. The van der Waals surface area contributed by atoms with Gasteiger partial charge in [-0.15, -0.1) is 0 Å². The first-order valence-electron chi connectivity index (χ1n) is 3.57. The van der Waals surface area contributed by atoms with Crippen molar-refractivity contribution in [2.45, 2.75) is 0 Å². The fourth-order valence-electron chi connectivity index (χ4n) is 0.777. The Labute approximate surface area is 71.4 Å². The Morgan fingerprint density at radius 1 is 1.25 bits per heavy atom. The van der Waals surface area contributed by atoms with Crippen LogP contribution in [0.5, 0.6) is 0 Å². The van der Waals surface area contributed by atoms with Gasteiger partial charge >= 0.3 is 7.82 Å². The summed E-state index contributed by atoms with van der Waals surface area (Å²) in [6.45, 7) is 4.74. The second kappa shape index (κ2) is 5.64. The predicted molar refractivity (Wildman–Crippen MR) is 44.6 cm³/mol. The molecule has 6 nitrogen and oxygen atoms in total. The molecule has 7 heteroatoms. The summed E-state index contributed by atoms with van der Waals surface area (Å²) >= 11 is 0. The second-order valence-electron chi connectivity index (χ2n) is 2.57. The van der Waals surface area contributed by atoms with Gasteiger partial charge < -0.3 is 24.9 Å². The summed E-state index contributed by atoms with van der Waals surface area (Å²) in [5, 5.41) is 3.27. The fraction of sp³-hybridized carbons (Fsp3) is 1.00. The molecule has 1 saturated heterocycles. The molecular weight excluding hydrogens is 183 g/mol. The number of rotatable bonds is 0. The van der Waals surface area contributed by atoms with E-state index in [1.165, 1.54) is 13.1 Å². The van der Waals surface area contributed by atoms with Gasteiger partial charge in [0.2, 0.25) is 0 Å². The maximum atomic E-state index is 8.88. The van der Waals surface area contributed by atoms with Gasteiger partial charge in [-0.1, -0.05) is 0 Å². The number of hydrogen-bond acceptors (Lipinski definition) is 3. The van der Waals surface area contributed by atoms with Crippen molar-refractivity contribution in [1.29, 1.82) is 0 Å². The lowest BCUT2D eigenvalue weighted by molar-refractivity contribution is 0.275. The maximum Gasteiger partial charge on any atom is 0.466 e. The molecule has 0 saturated carbocycles. The van der Waals surface area contributed by atoms with E-state index in [0.29, 0.717) is 0 Å². The highest BCUT2D eigenvalue weighted by Gasteiger charge is 2.01. The molecular formula is C5H15N2O4P. The van der Waals surface area contributed by atoms with Crippen LogP contribution < -0.4 is 5.32 Å². The van der Waals surface area contributed by atoms with Crippen molar-refractivity contribution in [3.8, 4) is 0 Å². The van der Waals surface area contributed by atoms with Gasteiger partial charge in [-0.3, -0.25) is 0 Å². The monoisotopic (exact) mass is 198 g/mol. The molecule has 0 unspecified atom stereocenters. The van der Waals surface area contributed by atoms with Gasteiger partial charge in [0.1, 0.15) is 0 Å². The van der Waals surface area contributed by atoms with Crippen molar-refractivity contribution in [1.82, 2.24) is 10.2 Å². The fourth-order valence-corrected chi connectivity index (χ4v) is 0.777. The van der Waals surface area contributed by atoms with Crippen LogP contribution in [0.4, 0.5) is 0 Å². The quantitative estimate of drug-likeness (QED) is 0.357. The molecule has 0 spiro atoms. The molecule has 1 heterocycles. The maximum absolute atomic E-state index is 8.88. The molecule has 0 bridgehead atoms. The van der Waals surface area contributed by atoms with Gasteiger partial charge in [0.05, 0.1) is 0 Å². The molecule has 0 radical (unpaired) electrons. The average molecular weight is 198 g/mol. The number of nitrogens with one attached hydrogen (secondary N) is 1. The molecule has 0 aromatic heterocycles. The number of piperazine rings is 1. The van der Waals surface area contributed by atoms with E-state index in [4.69, 9.17) is 19.2 Å².